The molecule has 1 unspecified atom stereocenters. The average molecular weight is 293 g/mol. The summed E-state index contributed by atoms with van der Waals surface area (Å²) in [6.07, 6.45) is -2.49. The molecule has 19 heavy (non-hydrogen) atoms. The van der Waals surface area contributed by atoms with E-state index in [0.717, 1.165) is 10.0 Å². The molecule has 1 N–H and O–H groups in total. The first-order chi connectivity index (χ1) is 8.91. The highest BCUT2D eigenvalue weighted by Crippen LogP contribution is 2.43. The second-order valence-corrected chi connectivity index (χ2v) is 6.12. The van der Waals surface area contributed by atoms with Gasteiger partial charge in [-0.15, -0.1) is 10.2 Å². The van der Waals surface area contributed by atoms with E-state index in [1.807, 2.05) is 14.0 Å². The quantitative estimate of drug-likeness (QED) is 0.924. The van der Waals surface area contributed by atoms with Crippen LogP contribution in [0.25, 0.3) is 0 Å². The topological polar surface area (TPSA) is 37.8 Å². The van der Waals surface area contributed by atoms with Gasteiger partial charge in [0.2, 0.25) is 0 Å². The molecule has 0 saturated heterocycles. The first kappa shape index (κ1) is 14.7. The van der Waals surface area contributed by atoms with E-state index >= 15 is 0 Å². The Balaban J connectivity index is 1.96. The standard InChI is InChI=1S/C12H18F3N3S/c1-7(16-2)10-17-18-11(19-10)8-3-5-9(6-4-8)12(13,14)15/h7-9,16H,3-6H2,1-2H3. The van der Waals surface area contributed by atoms with E-state index in [0.29, 0.717) is 12.8 Å². The van der Waals surface area contributed by atoms with Crippen molar-refractivity contribution in [3.8, 4) is 0 Å². The molecule has 0 aromatic carbocycles. The normalized spacial score (nSPS) is 26.4. The Bertz CT molecular complexity index is 411. The Morgan fingerprint density at radius 1 is 1.21 bits per heavy atom. The fourth-order valence-electron chi connectivity index (χ4n) is 2.38. The lowest BCUT2D eigenvalue weighted by molar-refractivity contribution is -0.182. The highest BCUT2D eigenvalue weighted by molar-refractivity contribution is 7.11. The summed E-state index contributed by atoms with van der Waals surface area (Å²) in [6, 6.07) is 0.137. The molecule has 1 atom stereocenters. The monoisotopic (exact) mass is 293 g/mol. The van der Waals surface area contributed by atoms with Crippen LogP contribution in [0, 0.1) is 5.92 Å². The van der Waals surface area contributed by atoms with Crippen molar-refractivity contribution in [3.05, 3.63) is 10.0 Å². The second kappa shape index (κ2) is 5.75. The predicted molar refractivity (Wildman–Crippen MR) is 68.1 cm³/mol. The minimum Gasteiger partial charge on any atom is -0.311 e. The maximum absolute atomic E-state index is 12.6. The van der Waals surface area contributed by atoms with Crippen LogP contribution in [0.1, 0.15) is 54.6 Å². The maximum atomic E-state index is 12.6. The summed E-state index contributed by atoms with van der Waals surface area (Å²) in [5, 5.41) is 13.1. The smallest absolute Gasteiger partial charge is 0.311 e. The number of nitrogens with zero attached hydrogens (tertiary/aromatic N) is 2. The number of hydrogen-bond donors (Lipinski definition) is 1. The van der Waals surface area contributed by atoms with Crippen molar-refractivity contribution in [3.63, 3.8) is 0 Å². The molecule has 1 aromatic heterocycles. The van der Waals surface area contributed by atoms with E-state index in [4.69, 9.17) is 0 Å². The number of alkyl halides is 3. The van der Waals surface area contributed by atoms with E-state index in [-0.39, 0.29) is 24.8 Å². The SMILES string of the molecule is CNC(C)c1nnc(C2CCC(C(F)(F)F)CC2)s1. The highest BCUT2D eigenvalue weighted by atomic mass is 32.1. The maximum Gasteiger partial charge on any atom is 0.391 e. The molecule has 0 amide bonds. The average Bonchev–Trinajstić information content (AvgIpc) is 2.86. The lowest BCUT2D eigenvalue weighted by Gasteiger charge is -2.28. The van der Waals surface area contributed by atoms with Crippen molar-refractivity contribution < 1.29 is 13.2 Å². The Morgan fingerprint density at radius 3 is 2.37 bits per heavy atom. The number of aromatic nitrogens is 2. The zero-order valence-corrected chi connectivity index (χ0v) is 11.8. The van der Waals surface area contributed by atoms with Crippen molar-refractivity contribution in [2.24, 2.45) is 5.92 Å². The van der Waals surface area contributed by atoms with E-state index in [1.54, 1.807) is 0 Å². The summed E-state index contributed by atoms with van der Waals surface area (Å²) in [5.74, 6) is -0.985. The van der Waals surface area contributed by atoms with Crippen LogP contribution in [-0.2, 0) is 0 Å². The highest BCUT2D eigenvalue weighted by Gasteiger charge is 2.42. The predicted octanol–water partition coefficient (Wildman–Crippen LogP) is 3.65. The molecule has 0 spiro atoms. The lowest BCUT2D eigenvalue weighted by Crippen LogP contribution is -2.27. The van der Waals surface area contributed by atoms with Crippen LogP contribution in [0.5, 0.6) is 0 Å². The third-order valence-electron chi connectivity index (χ3n) is 3.80. The Hall–Kier alpha value is -0.690. The van der Waals surface area contributed by atoms with Gasteiger partial charge in [-0.3, -0.25) is 0 Å². The summed E-state index contributed by atoms with van der Waals surface area (Å²) >= 11 is 1.51. The molecule has 3 nitrogen and oxygen atoms in total. The van der Waals surface area contributed by atoms with Gasteiger partial charge < -0.3 is 5.32 Å². The molecule has 0 radical (unpaired) electrons. The van der Waals surface area contributed by atoms with Gasteiger partial charge in [0.15, 0.2) is 0 Å². The molecular formula is C12H18F3N3S. The van der Waals surface area contributed by atoms with Crippen LogP contribution in [0.2, 0.25) is 0 Å². The second-order valence-electron chi connectivity index (χ2n) is 5.08. The summed E-state index contributed by atoms with van der Waals surface area (Å²) < 4.78 is 37.8. The van der Waals surface area contributed by atoms with E-state index in [1.165, 1.54) is 11.3 Å². The summed E-state index contributed by atoms with van der Waals surface area (Å²) in [7, 11) is 1.85. The number of halogens is 3. The zero-order chi connectivity index (χ0) is 14.0. The van der Waals surface area contributed by atoms with Gasteiger partial charge in [0.25, 0.3) is 0 Å². The van der Waals surface area contributed by atoms with Gasteiger partial charge in [-0.1, -0.05) is 11.3 Å². The molecule has 1 fully saturated rings. The van der Waals surface area contributed by atoms with Crippen LogP contribution in [0.15, 0.2) is 0 Å². The Kier molecular flexibility index (Phi) is 4.45. The molecule has 7 heteroatoms. The molecule has 1 aromatic rings. The van der Waals surface area contributed by atoms with Gasteiger partial charge >= 0.3 is 6.18 Å². The molecule has 0 aliphatic heterocycles. The number of hydrogen-bond acceptors (Lipinski definition) is 4. The van der Waals surface area contributed by atoms with E-state index in [2.05, 4.69) is 15.5 Å². The molecule has 2 rings (SSSR count). The largest absolute Gasteiger partial charge is 0.391 e. The molecular weight excluding hydrogens is 275 g/mol. The third kappa shape index (κ3) is 3.45. The van der Waals surface area contributed by atoms with Crippen molar-refractivity contribution in [2.45, 2.75) is 50.7 Å². The van der Waals surface area contributed by atoms with Gasteiger partial charge in [-0.25, -0.2) is 0 Å². The molecule has 1 saturated carbocycles. The van der Waals surface area contributed by atoms with E-state index < -0.39 is 12.1 Å². The van der Waals surface area contributed by atoms with Crippen LogP contribution >= 0.6 is 11.3 Å². The summed E-state index contributed by atoms with van der Waals surface area (Å²) in [5.41, 5.74) is 0. The van der Waals surface area contributed by atoms with Gasteiger partial charge in [0.05, 0.1) is 12.0 Å². The fourth-order valence-corrected chi connectivity index (χ4v) is 3.45. The van der Waals surface area contributed by atoms with Crippen LogP contribution in [0.4, 0.5) is 13.2 Å². The number of rotatable bonds is 3. The van der Waals surface area contributed by atoms with Gasteiger partial charge in [-0.2, -0.15) is 13.2 Å². The molecule has 0 bridgehead atoms. The third-order valence-corrected chi connectivity index (χ3v) is 5.07. The van der Waals surface area contributed by atoms with Crippen LogP contribution in [0.3, 0.4) is 0 Å². The Morgan fingerprint density at radius 2 is 1.84 bits per heavy atom. The lowest BCUT2D eigenvalue weighted by atomic mass is 9.82. The first-order valence-electron chi connectivity index (χ1n) is 6.49. The zero-order valence-electron chi connectivity index (χ0n) is 11.0. The minimum atomic E-state index is -4.04. The van der Waals surface area contributed by atoms with Crippen LogP contribution < -0.4 is 5.32 Å². The molecule has 108 valence electrons. The van der Waals surface area contributed by atoms with Gasteiger partial charge in [0.1, 0.15) is 10.0 Å². The Labute approximate surface area is 114 Å². The molecule has 1 heterocycles. The molecule has 1 aliphatic carbocycles. The summed E-state index contributed by atoms with van der Waals surface area (Å²) in [4.78, 5) is 0. The minimum absolute atomic E-state index is 0.137. The van der Waals surface area contributed by atoms with Crippen molar-refractivity contribution in [1.82, 2.24) is 15.5 Å². The van der Waals surface area contributed by atoms with Gasteiger partial charge in [-0.05, 0) is 39.7 Å². The van der Waals surface area contributed by atoms with Crippen molar-refractivity contribution in [1.29, 1.82) is 0 Å². The fraction of sp³-hybridized carbons (Fsp3) is 0.833. The van der Waals surface area contributed by atoms with Crippen molar-refractivity contribution >= 4 is 11.3 Å². The summed E-state index contributed by atoms with van der Waals surface area (Å²) in [6.45, 7) is 1.99. The number of nitrogens with one attached hydrogen (secondary N) is 1. The van der Waals surface area contributed by atoms with Gasteiger partial charge in [0, 0.05) is 5.92 Å². The van der Waals surface area contributed by atoms with E-state index in [9.17, 15) is 13.2 Å². The first-order valence-corrected chi connectivity index (χ1v) is 7.30. The molecule has 1 aliphatic rings. The van der Waals surface area contributed by atoms with Crippen molar-refractivity contribution in [2.75, 3.05) is 7.05 Å². The van der Waals surface area contributed by atoms with Crippen LogP contribution in [-0.4, -0.2) is 23.4 Å².